The van der Waals surface area contributed by atoms with Crippen molar-refractivity contribution in [1.82, 2.24) is 14.1 Å². The molecular weight excluding hydrogens is 410 g/mol. The van der Waals surface area contributed by atoms with Gasteiger partial charge in [-0.05, 0) is 23.3 Å². The zero-order chi connectivity index (χ0) is 21.5. The van der Waals surface area contributed by atoms with Gasteiger partial charge in [-0.3, -0.25) is 9.80 Å². The minimum Gasteiger partial charge on any atom is -0.379 e. The van der Waals surface area contributed by atoms with Gasteiger partial charge in [-0.25, -0.2) is 8.42 Å². The normalized spacial score (nSPS) is 19.7. The Morgan fingerprint density at radius 2 is 1.55 bits per heavy atom. The highest BCUT2D eigenvalue weighted by Gasteiger charge is 2.26. The first-order valence-electron chi connectivity index (χ1n) is 10.9. The predicted molar refractivity (Wildman–Crippen MR) is 123 cm³/mol. The van der Waals surface area contributed by atoms with Gasteiger partial charge in [-0.15, -0.1) is 0 Å². The lowest BCUT2D eigenvalue weighted by molar-refractivity contribution is 0.0730. The van der Waals surface area contributed by atoms with E-state index in [0.717, 1.165) is 44.8 Å². The van der Waals surface area contributed by atoms with Crippen molar-refractivity contribution in [2.45, 2.75) is 11.4 Å². The third-order valence-electron chi connectivity index (χ3n) is 5.85. The molecule has 0 aromatic heterocycles. The van der Waals surface area contributed by atoms with E-state index in [4.69, 9.17) is 4.74 Å². The van der Waals surface area contributed by atoms with Crippen LogP contribution in [0.15, 0.2) is 65.6 Å². The van der Waals surface area contributed by atoms with Crippen LogP contribution >= 0.6 is 0 Å². The van der Waals surface area contributed by atoms with E-state index in [2.05, 4.69) is 46.2 Å². The van der Waals surface area contributed by atoms with Gasteiger partial charge in [0.15, 0.2) is 0 Å². The molecule has 4 rings (SSSR count). The minimum atomic E-state index is -3.45. The molecule has 0 atom stereocenters. The highest BCUT2D eigenvalue weighted by Crippen LogP contribution is 2.19. The van der Waals surface area contributed by atoms with Gasteiger partial charge >= 0.3 is 0 Å². The third kappa shape index (κ3) is 6.02. The number of piperazine rings is 1. The fourth-order valence-corrected chi connectivity index (χ4v) is 5.51. The molecule has 2 aromatic rings. The molecule has 166 valence electrons. The van der Waals surface area contributed by atoms with Gasteiger partial charge in [0.05, 0.1) is 18.1 Å². The monoisotopic (exact) mass is 441 g/mol. The van der Waals surface area contributed by atoms with Gasteiger partial charge in [0, 0.05) is 52.4 Å². The van der Waals surface area contributed by atoms with Crippen molar-refractivity contribution in [2.24, 2.45) is 0 Å². The molecule has 31 heavy (non-hydrogen) atoms. The molecule has 2 aromatic carbocycles. The van der Waals surface area contributed by atoms with Crippen LogP contribution in [0.25, 0.3) is 6.08 Å². The Morgan fingerprint density at radius 1 is 0.839 bits per heavy atom. The average Bonchev–Trinajstić information content (AvgIpc) is 2.82. The van der Waals surface area contributed by atoms with Crippen LogP contribution in [0, 0.1) is 0 Å². The molecule has 0 radical (unpaired) electrons. The molecular formula is C24H31N3O3S. The van der Waals surface area contributed by atoms with Gasteiger partial charge in [0.25, 0.3) is 0 Å². The number of hydrogen-bond donors (Lipinski definition) is 0. The largest absolute Gasteiger partial charge is 0.379 e. The maximum Gasteiger partial charge on any atom is 0.243 e. The molecule has 0 unspecified atom stereocenters. The van der Waals surface area contributed by atoms with Gasteiger partial charge in [0.2, 0.25) is 10.0 Å². The third-order valence-corrected chi connectivity index (χ3v) is 7.75. The highest BCUT2D eigenvalue weighted by molar-refractivity contribution is 7.89. The Balaban J connectivity index is 1.29. The zero-order valence-electron chi connectivity index (χ0n) is 17.9. The first kappa shape index (κ1) is 22.2. The molecule has 2 heterocycles. The fourth-order valence-electron chi connectivity index (χ4n) is 4.03. The Morgan fingerprint density at radius 3 is 2.29 bits per heavy atom. The highest BCUT2D eigenvalue weighted by atomic mass is 32.2. The van der Waals surface area contributed by atoms with E-state index >= 15 is 0 Å². The summed E-state index contributed by atoms with van der Waals surface area (Å²) in [6.07, 6.45) is 4.40. The van der Waals surface area contributed by atoms with Crippen LogP contribution in [-0.4, -0.2) is 81.5 Å². The van der Waals surface area contributed by atoms with Crippen molar-refractivity contribution in [2.75, 3.05) is 59.0 Å². The average molecular weight is 442 g/mol. The van der Waals surface area contributed by atoms with Crippen LogP contribution in [0.2, 0.25) is 0 Å². The topological polar surface area (TPSA) is 53.1 Å². The summed E-state index contributed by atoms with van der Waals surface area (Å²) in [5, 5.41) is 0. The summed E-state index contributed by atoms with van der Waals surface area (Å²) in [4.78, 5) is 5.24. The second kappa shape index (κ2) is 10.5. The van der Waals surface area contributed by atoms with Crippen molar-refractivity contribution >= 4 is 16.1 Å². The van der Waals surface area contributed by atoms with Crippen molar-refractivity contribution in [3.8, 4) is 0 Å². The molecule has 2 aliphatic heterocycles. The molecule has 0 amide bonds. The second-order valence-corrected chi connectivity index (χ2v) is 9.99. The molecule has 6 nitrogen and oxygen atoms in total. The van der Waals surface area contributed by atoms with Crippen LogP contribution in [0.1, 0.15) is 11.1 Å². The van der Waals surface area contributed by atoms with E-state index in [-0.39, 0.29) is 0 Å². The Bertz CT molecular complexity index is 965. The van der Waals surface area contributed by atoms with Gasteiger partial charge in [0.1, 0.15) is 0 Å². The Hall–Kier alpha value is -2.03. The smallest absolute Gasteiger partial charge is 0.243 e. The summed E-state index contributed by atoms with van der Waals surface area (Å²) in [5.41, 5.74) is 2.28. The van der Waals surface area contributed by atoms with Crippen LogP contribution in [-0.2, 0) is 21.3 Å². The standard InChI is InChI=1S/C24H31N3O3S/c28-31(29,27-16-18-30-19-17-27)24-10-4-8-23(20-24)21-26-14-12-25(13-15-26)11-5-9-22-6-2-1-3-7-22/h1-10,20H,11-19,21H2. The number of morpholine rings is 1. The van der Waals surface area contributed by atoms with Gasteiger partial charge < -0.3 is 4.74 Å². The molecule has 0 aliphatic carbocycles. The SMILES string of the molecule is O=S(=O)(c1cccc(CN2CCN(CC=Cc3ccccc3)CC2)c1)N1CCOCC1. The summed E-state index contributed by atoms with van der Waals surface area (Å²) in [7, 11) is -3.45. The summed E-state index contributed by atoms with van der Waals surface area (Å²) in [5.74, 6) is 0. The summed E-state index contributed by atoms with van der Waals surface area (Å²) >= 11 is 0. The summed E-state index contributed by atoms with van der Waals surface area (Å²) < 4.78 is 32.7. The van der Waals surface area contributed by atoms with E-state index in [9.17, 15) is 8.42 Å². The van der Waals surface area contributed by atoms with E-state index in [1.54, 1.807) is 6.07 Å². The maximum absolute atomic E-state index is 12.9. The lowest BCUT2D eigenvalue weighted by Crippen LogP contribution is -2.45. The minimum absolute atomic E-state index is 0.386. The second-order valence-electron chi connectivity index (χ2n) is 8.05. The van der Waals surface area contributed by atoms with Crippen LogP contribution < -0.4 is 0 Å². The zero-order valence-corrected chi connectivity index (χ0v) is 18.7. The maximum atomic E-state index is 12.9. The molecule has 2 saturated heterocycles. The summed E-state index contributed by atoms with van der Waals surface area (Å²) in [6.45, 7) is 7.51. The van der Waals surface area contributed by atoms with Crippen LogP contribution in [0.3, 0.4) is 0 Å². The predicted octanol–water partition coefficient (Wildman–Crippen LogP) is 2.54. The molecule has 0 spiro atoms. The Labute approximate surface area is 185 Å². The number of hydrogen-bond acceptors (Lipinski definition) is 5. The number of ether oxygens (including phenoxy) is 1. The fraction of sp³-hybridized carbons (Fsp3) is 0.417. The molecule has 0 bridgehead atoms. The molecule has 2 fully saturated rings. The number of nitrogens with zero attached hydrogens (tertiary/aromatic N) is 3. The number of benzene rings is 2. The number of rotatable bonds is 7. The quantitative estimate of drug-likeness (QED) is 0.661. The molecule has 0 saturated carbocycles. The lowest BCUT2D eigenvalue weighted by Gasteiger charge is -2.34. The van der Waals surface area contributed by atoms with E-state index < -0.39 is 10.0 Å². The van der Waals surface area contributed by atoms with Crippen molar-refractivity contribution < 1.29 is 13.2 Å². The lowest BCUT2D eigenvalue weighted by atomic mass is 10.2. The first-order valence-corrected chi connectivity index (χ1v) is 12.4. The van der Waals surface area contributed by atoms with Crippen molar-refractivity contribution in [3.05, 3.63) is 71.8 Å². The molecule has 7 heteroatoms. The molecule has 0 N–H and O–H groups in total. The van der Waals surface area contributed by atoms with Crippen LogP contribution in [0.4, 0.5) is 0 Å². The first-order chi connectivity index (χ1) is 15.1. The van der Waals surface area contributed by atoms with Crippen molar-refractivity contribution in [3.63, 3.8) is 0 Å². The molecule has 2 aliphatic rings. The number of sulfonamides is 1. The van der Waals surface area contributed by atoms with E-state index in [0.29, 0.717) is 31.2 Å². The van der Waals surface area contributed by atoms with Crippen LogP contribution in [0.5, 0.6) is 0 Å². The van der Waals surface area contributed by atoms with E-state index in [1.165, 1.54) is 9.87 Å². The van der Waals surface area contributed by atoms with Gasteiger partial charge in [-0.2, -0.15) is 4.31 Å². The summed E-state index contributed by atoms with van der Waals surface area (Å²) in [6, 6.07) is 17.8. The van der Waals surface area contributed by atoms with Gasteiger partial charge in [-0.1, -0.05) is 54.6 Å². The van der Waals surface area contributed by atoms with E-state index in [1.807, 2.05) is 24.3 Å². The van der Waals surface area contributed by atoms with Crippen molar-refractivity contribution in [1.29, 1.82) is 0 Å². The Kier molecular flexibility index (Phi) is 7.53.